The lowest BCUT2D eigenvalue weighted by molar-refractivity contribution is 0.0186. The van der Waals surface area contributed by atoms with E-state index in [4.69, 9.17) is 9.73 Å². The summed E-state index contributed by atoms with van der Waals surface area (Å²) in [6.07, 6.45) is 2.80. The quantitative estimate of drug-likeness (QED) is 0.189. The standard InChI is InChI=1S/C21H37N5O2S.HI/c1-2-22-21(23-8-4-9-25-10-6-18(27)7-11-25)24-17-19(20-5-3-16-29-20)26-12-14-28-15-13-26;/h3,5,16,18-19,27H,2,4,6-15,17H2,1H3,(H2,22,23,24);1H. The topological polar surface area (TPSA) is 72.4 Å². The summed E-state index contributed by atoms with van der Waals surface area (Å²) in [5.41, 5.74) is 0. The zero-order valence-corrected chi connectivity index (χ0v) is 21.2. The minimum absolute atomic E-state index is 0. The van der Waals surface area contributed by atoms with Crippen LogP contribution < -0.4 is 10.6 Å². The van der Waals surface area contributed by atoms with E-state index in [1.54, 1.807) is 0 Å². The molecule has 1 atom stereocenters. The Balaban J connectivity index is 0.00000320. The van der Waals surface area contributed by atoms with Crippen LogP contribution >= 0.6 is 35.3 Å². The fourth-order valence-corrected chi connectivity index (χ4v) is 4.78. The van der Waals surface area contributed by atoms with Gasteiger partial charge in [-0.15, -0.1) is 35.3 Å². The highest BCUT2D eigenvalue weighted by Gasteiger charge is 2.23. The maximum atomic E-state index is 9.62. The van der Waals surface area contributed by atoms with Crippen molar-refractivity contribution in [1.82, 2.24) is 20.4 Å². The fraction of sp³-hybridized carbons (Fsp3) is 0.762. The molecule has 2 aliphatic rings. The van der Waals surface area contributed by atoms with Crippen LogP contribution in [0.3, 0.4) is 0 Å². The fourth-order valence-electron chi connectivity index (χ4n) is 3.93. The van der Waals surface area contributed by atoms with Gasteiger partial charge >= 0.3 is 0 Å². The highest BCUT2D eigenvalue weighted by atomic mass is 127. The van der Waals surface area contributed by atoms with Crippen LogP contribution in [0.2, 0.25) is 0 Å². The van der Waals surface area contributed by atoms with Crippen LogP contribution in [0.5, 0.6) is 0 Å². The second kappa shape index (κ2) is 14.6. The molecule has 0 radical (unpaired) electrons. The van der Waals surface area contributed by atoms with E-state index in [1.807, 2.05) is 11.3 Å². The van der Waals surface area contributed by atoms with Gasteiger partial charge in [-0.2, -0.15) is 0 Å². The molecule has 3 N–H and O–H groups in total. The first kappa shape index (κ1) is 25.8. The minimum atomic E-state index is -0.0976. The van der Waals surface area contributed by atoms with Crippen LogP contribution in [-0.2, 0) is 4.74 Å². The first-order valence-corrected chi connectivity index (χ1v) is 11.9. The number of hydrogen-bond donors (Lipinski definition) is 3. The normalized spacial score (nSPS) is 20.5. The monoisotopic (exact) mass is 551 g/mol. The van der Waals surface area contributed by atoms with E-state index in [2.05, 4.69) is 44.9 Å². The molecule has 1 unspecified atom stereocenters. The Bertz CT molecular complexity index is 590. The van der Waals surface area contributed by atoms with Crippen LogP contribution in [0.1, 0.15) is 37.1 Å². The van der Waals surface area contributed by atoms with E-state index in [0.717, 1.165) is 90.8 Å². The van der Waals surface area contributed by atoms with Gasteiger partial charge in [0.15, 0.2) is 5.96 Å². The molecule has 1 aromatic heterocycles. The largest absolute Gasteiger partial charge is 0.393 e. The highest BCUT2D eigenvalue weighted by molar-refractivity contribution is 14.0. The third kappa shape index (κ3) is 8.58. The summed E-state index contributed by atoms with van der Waals surface area (Å²) in [7, 11) is 0. The number of halogens is 1. The van der Waals surface area contributed by atoms with Gasteiger partial charge in [-0.25, -0.2) is 0 Å². The van der Waals surface area contributed by atoms with Crippen LogP contribution in [0.25, 0.3) is 0 Å². The summed E-state index contributed by atoms with van der Waals surface area (Å²) in [5, 5.41) is 18.7. The summed E-state index contributed by atoms with van der Waals surface area (Å²) in [5.74, 6) is 0.899. The number of likely N-dealkylation sites (tertiary alicyclic amines) is 1. The average Bonchev–Trinajstić information content (AvgIpc) is 3.28. The first-order valence-electron chi connectivity index (χ1n) is 11.0. The number of piperidine rings is 1. The number of hydrogen-bond acceptors (Lipinski definition) is 6. The number of nitrogens with zero attached hydrogens (tertiary/aromatic N) is 3. The Morgan fingerprint density at radius 1 is 1.27 bits per heavy atom. The smallest absolute Gasteiger partial charge is 0.191 e. The predicted octanol–water partition coefficient (Wildman–Crippen LogP) is 2.14. The second-order valence-corrected chi connectivity index (χ2v) is 8.73. The van der Waals surface area contributed by atoms with E-state index in [1.165, 1.54) is 4.88 Å². The summed E-state index contributed by atoms with van der Waals surface area (Å²) >= 11 is 1.81. The molecule has 9 heteroatoms. The van der Waals surface area contributed by atoms with Crippen molar-refractivity contribution in [2.75, 3.05) is 65.6 Å². The van der Waals surface area contributed by atoms with Gasteiger partial charge in [0.2, 0.25) is 0 Å². The van der Waals surface area contributed by atoms with Gasteiger partial charge in [0.05, 0.1) is 31.9 Å². The second-order valence-electron chi connectivity index (χ2n) is 7.75. The van der Waals surface area contributed by atoms with Gasteiger partial charge < -0.3 is 25.4 Å². The number of morpholine rings is 1. The first-order chi connectivity index (χ1) is 14.3. The zero-order valence-electron chi connectivity index (χ0n) is 18.1. The van der Waals surface area contributed by atoms with Crippen molar-refractivity contribution in [3.63, 3.8) is 0 Å². The molecule has 2 aliphatic heterocycles. The molecule has 0 aliphatic carbocycles. The van der Waals surface area contributed by atoms with E-state index in [-0.39, 0.29) is 30.1 Å². The van der Waals surface area contributed by atoms with E-state index >= 15 is 0 Å². The number of thiophene rings is 1. The number of aliphatic hydroxyl groups is 1. The van der Waals surface area contributed by atoms with Crippen molar-refractivity contribution in [3.05, 3.63) is 22.4 Å². The molecule has 2 saturated heterocycles. The van der Waals surface area contributed by atoms with Crippen LogP contribution in [0.15, 0.2) is 22.5 Å². The Labute approximate surface area is 202 Å². The van der Waals surface area contributed by atoms with Crippen molar-refractivity contribution < 1.29 is 9.84 Å². The van der Waals surface area contributed by atoms with Crippen molar-refractivity contribution in [2.45, 2.75) is 38.3 Å². The van der Waals surface area contributed by atoms with Crippen molar-refractivity contribution in [2.24, 2.45) is 4.99 Å². The third-order valence-electron chi connectivity index (χ3n) is 5.63. The molecule has 172 valence electrons. The van der Waals surface area contributed by atoms with Gasteiger partial charge in [-0.1, -0.05) is 6.07 Å². The number of ether oxygens (including phenoxy) is 1. The number of nitrogens with one attached hydrogen (secondary N) is 2. The molecule has 3 rings (SSSR count). The van der Waals surface area contributed by atoms with Crippen LogP contribution in [0, 0.1) is 0 Å². The third-order valence-corrected chi connectivity index (χ3v) is 6.60. The van der Waals surface area contributed by atoms with Gasteiger partial charge in [-0.3, -0.25) is 9.89 Å². The van der Waals surface area contributed by atoms with Crippen LogP contribution in [0.4, 0.5) is 0 Å². The molecule has 3 heterocycles. The van der Waals surface area contributed by atoms with E-state index in [0.29, 0.717) is 6.04 Å². The summed E-state index contributed by atoms with van der Waals surface area (Å²) in [6, 6.07) is 4.66. The highest BCUT2D eigenvalue weighted by Crippen LogP contribution is 2.26. The lowest BCUT2D eigenvalue weighted by Crippen LogP contribution is -2.42. The lowest BCUT2D eigenvalue weighted by Gasteiger charge is -2.33. The van der Waals surface area contributed by atoms with Gasteiger partial charge in [0, 0.05) is 44.1 Å². The Kier molecular flexibility index (Phi) is 12.5. The average molecular weight is 552 g/mol. The molecule has 0 saturated carbocycles. The van der Waals surface area contributed by atoms with E-state index in [9.17, 15) is 5.11 Å². The maximum Gasteiger partial charge on any atom is 0.191 e. The van der Waals surface area contributed by atoms with Gasteiger partial charge in [0.25, 0.3) is 0 Å². The SMILES string of the molecule is CCNC(=NCC(c1cccs1)N1CCOCC1)NCCCN1CCC(O)CC1.I. The Morgan fingerprint density at radius 3 is 2.70 bits per heavy atom. The number of aliphatic hydroxyl groups excluding tert-OH is 1. The molecule has 7 nitrogen and oxygen atoms in total. The molecule has 0 bridgehead atoms. The Hall–Kier alpha value is -0.460. The summed E-state index contributed by atoms with van der Waals surface area (Å²) in [4.78, 5) is 11.2. The molecular formula is C21H38IN5O2S. The van der Waals surface area contributed by atoms with Gasteiger partial charge in [0.1, 0.15) is 0 Å². The van der Waals surface area contributed by atoms with Gasteiger partial charge in [-0.05, 0) is 44.2 Å². The van der Waals surface area contributed by atoms with Crippen LogP contribution in [-0.4, -0.2) is 92.5 Å². The number of aliphatic imine (C=N–C) groups is 1. The molecular weight excluding hydrogens is 513 g/mol. The maximum absolute atomic E-state index is 9.62. The molecule has 2 fully saturated rings. The molecule has 0 aromatic carbocycles. The Morgan fingerprint density at radius 2 is 2.03 bits per heavy atom. The lowest BCUT2D eigenvalue weighted by atomic mass is 10.1. The number of rotatable bonds is 9. The minimum Gasteiger partial charge on any atom is -0.393 e. The van der Waals surface area contributed by atoms with Crippen molar-refractivity contribution >= 4 is 41.3 Å². The predicted molar refractivity (Wildman–Crippen MR) is 135 cm³/mol. The number of guanidine groups is 1. The molecule has 1 aromatic rings. The van der Waals surface area contributed by atoms with E-state index < -0.39 is 0 Å². The summed E-state index contributed by atoms with van der Waals surface area (Å²) < 4.78 is 5.54. The van der Waals surface area contributed by atoms with Crippen molar-refractivity contribution in [3.8, 4) is 0 Å². The zero-order chi connectivity index (χ0) is 20.3. The molecule has 30 heavy (non-hydrogen) atoms. The molecule has 0 amide bonds. The summed E-state index contributed by atoms with van der Waals surface area (Å²) in [6.45, 7) is 11.3. The van der Waals surface area contributed by atoms with Crippen molar-refractivity contribution in [1.29, 1.82) is 0 Å². The molecule has 0 spiro atoms.